The minimum atomic E-state index is 0.325. The van der Waals surface area contributed by atoms with Gasteiger partial charge in [-0.05, 0) is 5.39 Å². The van der Waals surface area contributed by atoms with Crippen LogP contribution < -0.4 is 0 Å². The molecule has 74 valence electrons. The van der Waals surface area contributed by atoms with Gasteiger partial charge in [0, 0.05) is 10.9 Å². The van der Waals surface area contributed by atoms with Crippen molar-refractivity contribution in [2.24, 2.45) is 0 Å². The van der Waals surface area contributed by atoms with Gasteiger partial charge in [0.05, 0.1) is 0 Å². The fourth-order valence-corrected chi connectivity index (χ4v) is 1.58. The van der Waals surface area contributed by atoms with Gasteiger partial charge in [-0.2, -0.15) is 0 Å². The van der Waals surface area contributed by atoms with Crippen LogP contribution in [0, 0.1) is 0 Å². The molecule has 0 bridgehead atoms. The first kappa shape index (κ1) is 9.53. The number of rotatable bonds is 2. The van der Waals surface area contributed by atoms with E-state index in [1.807, 2.05) is 48.6 Å². The Morgan fingerprint density at radius 2 is 1.87 bits per heavy atom. The van der Waals surface area contributed by atoms with Gasteiger partial charge < -0.3 is 5.11 Å². The Balaban J connectivity index is 2.64. The number of fused-ring (bicyclic) bond motifs is 1. The van der Waals surface area contributed by atoms with Crippen LogP contribution in [0.4, 0.5) is 0 Å². The molecular weight excluding hydrogens is 184 g/mol. The number of hydrogen-bond donors (Lipinski definition) is 1. The molecule has 0 saturated heterocycles. The summed E-state index contributed by atoms with van der Waals surface area (Å²) < 4.78 is 0. The van der Waals surface area contributed by atoms with E-state index in [2.05, 4.69) is 6.58 Å². The quantitative estimate of drug-likeness (QED) is 0.725. The summed E-state index contributed by atoms with van der Waals surface area (Å²) in [6, 6.07) is 11.7. The first-order valence-corrected chi connectivity index (χ1v) is 4.83. The van der Waals surface area contributed by atoms with Crippen LogP contribution in [0.2, 0.25) is 0 Å². The molecule has 1 nitrogen and oxygen atoms in total. The lowest BCUT2D eigenvalue weighted by Crippen LogP contribution is -1.78. The number of benzene rings is 2. The number of phenols is 1. The average molecular weight is 196 g/mol. The van der Waals surface area contributed by atoms with Gasteiger partial charge in [0.25, 0.3) is 0 Å². The van der Waals surface area contributed by atoms with E-state index in [9.17, 15) is 5.11 Å². The van der Waals surface area contributed by atoms with Crippen molar-refractivity contribution in [1.82, 2.24) is 0 Å². The smallest absolute Gasteiger partial charge is 0.130 e. The molecule has 1 heteroatoms. The molecule has 2 aromatic carbocycles. The van der Waals surface area contributed by atoms with E-state index in [-0.39, 0.29) is 0 Å². The molecule has 0 fully saturated rings. The van der Waals surface area contributed by atoms with Crippen LogP contribution in [-0.4, -0.2) is 5.11 Å². The molecule has 0 unspecified atom stereocenters. The summed E-state index contributed by atoms with van der Waals surface area (Å²) in [6.07, 6.45) is 5.34. The number of hydrogen-bond acceptors (Lipinski definition) is 1. The zero-order valence-corrected chi connectivity index (χ0v) is 8.35. The molecule has 2 aromatic rings. The largest absolute Gasteiger partial charge is 0.507 e. The third kappa shape index (κ3) is 1.77. The summed E-state index contributed by atoms with van der Waals surface area (Å²) in [5.41, 5.74) is 0.814. The lowest BCUT2D eigenvalue weighted by Gasteiger charge is -2.03. The molecule has 0 spiro atoms. The van der Waals surface area contributed by atoms with Gasteiger partial charge in [0.1, 0.15) is 5.75 Å². The molecule has 0 heterocycles. The van der Waals surface area contributed by atoms with Crippen LogP contribution in [0.5, 0.6) is 5.75 Å². The van der Waals surface area contributed by atoms with E-state index in [0.717, 1.165) is 16.3 Å². The van der Waals surface area contributed by atoms with Crippen LogP contribution >= 0.6 is 0 Å². The van der Waals surface area contributed by atoms with E-state index < -0.39 is 0 Å². The van der Waals surface area contributed by atoms with Crippen molar-refractivity contribution >= 4 is 16.8 Å². The van der Waals surface area contributed by atoms with Crippen molar-refractivity contribution in [3.05, 3.63) is 60.7 Å². The number of aromatic hydroxyl groups is 1. The van der Waals surface area contributed by atoms with Gasteiger partial charge in [0.15, 0.2) is 0 Å². The van der Waals surface area contributed by atoms with Crippen LogP contribution in [0.25, 0.3) is 16.8 Å². The molecule has 0 aliphatic heterocycles. The van der Waals surface area contributed by atoms with Crippen molar-refractivity contribution in [3.63, 3.8) is 0 Å². The van der Waals surface area contributed by atoms with Gasteiger partial charge >= 0.3 is 0 Å². The third-order valence-electron chi connectivity index (χ3n) is 2.34. The Morgan fingerprint density at radius 3 is 2.67 bits per heavy atom. The third-order valence-corrected chi connectivity index (χ3v) is 2.34. The van der Waals surface area contributed by atoms with Gasteiger partial charge in [0.2, 0.25) is 0 Å². The van der Waals surface area contributed by atoms with Crippen molar-refractivity contribution in [3.8, 4) is 5.75 Å². The highest BCUT2D eigenvalue weighted by Crippen LogP contribution is 2.29. The fourth-order valence-electron chi connectivity index (χ4n) is 1.58. The highest BCUT2D eigenvalue weighted by Gasteiger charge is 2.02. The Morgan fingerprint density at radius 1 is 1.07 bits per heavy atom. The summed E-state index contributed by atoms with van der Waals surface area (Å²) >= 11 is 0. The van der Waals surface area contributed by atoms with Crippen LogP contribution in [0.3, 0.4) is 0 Å². The molecule has 0 saturated carbocycles. The van der Waals surface area contributed by atoms with E-state index in [1.54, 1.807) is 6.08 Å². The van der Waals surface area contributed by atoms with Crippen LogP contribution in [-0.2, 0) is 0 Å². The lowest BCUT2D eigenvalue weighted by molar-refractivity contribution is 0.480. The van der Waals surface area contributed by atoms with E-state index in [4.69, 9.17) is 0 Å². The second-order valence-electron chi connectivity index (χ2n) is 3.32. The van der Waals surface area contributed by atoms with Crippen LogP contribution in [0.1, 0.15) is 5.56 Å². The molecular formula is C14H12O. The lowest BCUT2D eigenvalue weighted by atomic mass is 10.1. The summed E-state index contributed by atoms with van der Waals surface area (Å²) in [4.78, 5) is 0. The molecule has 2 rings (SSSR count). The number of allylic oxidation sites excluding steroid dienone is 2. The molecule has 0 radical (unpaired) electrons. The minimum Gasteiger partial charge on any atom is -0.507 e. The molecule has 1 N–H and O–H groups in total. The fraction of sp³-hybridized carbons (Fsp3) is 0. The molecule has 0 aliphatic rings. The summed E-state index contributed by atoms with van der Waals surface area (Å²) in [5.74, 6) is 0.325. The van der Waals surface area contributed by atoms with Crippen molar-refractivity contribution in [1.29, 1.82) is 0 Å². The summed E-state index contributed by atoms with van der Waals surface area (Å²) in [7, 11) is 0. The second kappa shape index (κ2) is 4.01. The second-order valence-corrected chi connectivity index (χ2v) is 3.32. The normalized spacial score (nSPS) is 10.9. The molecule has 0 aromatic heterocycles. The summed E-state index contributed by atoms with van der Waals surface area (Å²) in [6.45, 7) is 3.60. The van der Waals surface area contributed by atoms with Gasteiger partial charge in [-0.3, -0.25) is 0 Å². The highest BCUT2D eigenvalue weighted by atomic mass is 16.3. The van der Waals surface area contributed by atoms with Crippen LogP contribution in [0.15, 0.2) is 55.1 Å². The Hall–Kier alpha value is -2.02. The standard InChI is InChI=1S/C14H12O/c1-2-3-6-12-10-9-11-7-4-5-8-13(11)14(12)15/h2-10,15H,1H2/b6-3-. The van der Waals surface area contributed by atoms with E-state index in [0.29, 0.717) is 5.75 Å². The molecule has 0 atom stereocenters. The monoisotopic (exact) mass is 196 g/mol. The zero-order chi connectivity index (χ0) is 10.7. The molecule has 0 amide bonds. The number of phenolic OH excluding ortho intramolecular Hbond substituents is 1. The predicted molar refractivity (Wildman–Crippen MR) is 64.8 cm³/mol. The van der Waals surface area contributed by atoms with Crippen molar-refractivity contribution in [2.45, 2.75) is 0 Å². The molecule has 15 heavy (non-hydrogen) atoms. The Bertz CT molecular complexity index is 524. The topological polar surface area (TPSA) is 20.2 Å². The van der Waals surface area contributed by atoms with Crippen molar-refractivity contribution < 1.29 is 5.11 Å². The SMILES string of the molecule is C=C/C=C\c1ccc2ccccc2c1O. The van der Waals surface area contributed by atoms with E-state index in [1.165, 1.54) is 0 Å². The predicted octanol–water partition coefficient (Wildman–Crippen LogP) is 3.74. The maximum atomic E-state index is 9.99. The maximum absolute atomic E-state index is 9.99. The van der Waals surface area contributed by atoms with Gasteiger partial charge in [-0.15, -0.1) is 0 Å². The van der Waals surface area contributed by atoms with Crippen molar-refractivity contribution in [2.75, 3.05) is 0 Å². The molecule has 0 aliphatic carbocycles. The Kier molecular flexibility index (Phi) is 2.55. The minimum absolute atomic E-state index is 0.325. The first-order valence-electron chi connectivity index (χ1n) is 4.83. The van der Waals surface area contributed by atoms with Gasteiger partial charge in [-0.1, -0.05) is 61.2 Å². The Labute approximate surface area is 89.0 Å². The average Bonchev–Trinajstić information content (AvgIpc) is 2.29. The highest BCUT2D eigenvalue weighted by molar-refractivity contribution is 5.91. The van der Waals surface area contributed by atoms with Gasteiger partial charge in [-0.25, -0.2) is 0 Å². The first-order chi connectivity index (χ1) is 7.33. The van der Waals surface area contributed by atoms with E-state index >= 15 is 0 Å². The maximum Gasteiger partial charge on any atom is 0.130 e. The zero-order valence-electron chi connectivity index (χ0n) is 8.35. The summed E-state index contributed by atoms with van der Waals surface area (Å²) in [5, 5.41) is 11.9.